The monoisotopic (exact) mass is 380 g/mol. The number of hydrogen-bond donors (Lipinski definition) is 1. The van der Waals surface area contributed by atoms with Gasteiger partial charge in [-0.25, -0.2) is 4.98 Å². The smallest absolute Gasteiger partial charge is 0.171 e. The third kappa shape index (κ3) is 4.07. The molecule has 0 saturated carbocycles. The molecule has 0 aliphatic heterocycles. The lowest BCUT2D eigenvalue weighted by Gasteiger charge is -2.15. The second kappa shape index (κ2) is 8.60. The van der Waals surface area contributed by atoms with Crippen molar-refractivity contribution >= 4 is 22.7 Å². The van der Waals surface area contributed by atoms with Crippen molar-refractivity contribution in [2.24, 2.45) is 0 Å². The number of aryl methyl sites for hydroxylation is 1. The summed E-state index contributed by atoms with van der Waals surface area (Å²) in [6.45, 7) is 0.605. The zero-order valence-electron chi connectivity index (χ0n) is 15.2. The Bertz CT molecular complexity index is 1040. The molecule has 0 aliphatic carbocycles. The van der Waals surface area contributed by atoms with Gasteiger partial charge in [-0.15, -0.1) is 0 Å². The van der Waals surface area contributed by atoms with Crippen LogP contribution in [-0.2, 0) is 13.0 Å². The van der Waals surface area contributed by atoms with Crippen molar-refractivity contribution in [3.05, 3.63) is 53.5 Å². The van der Waals surface area contributed by atoms with Crippen molar-refractivity contribution in [1.29, 1.82) is 10.7 Å². The van der Waals surface area contributed by atoms with Gasteiger partial charge in [-0.05, 0) is 18.1 Å². The van der Waals surface area contributed by atoms with E-state index in [1.807, 2.05) is 22.8 Å². The standard InChI is InChI=1S/C20H20N4O2S/c1-25-17-12-15-16(13-18(17)26-2)23-20(27-11-9-21)24(19(15)22)10-8-14-6-4-3-5-7-14/h3-7,12-13,22H,8,10-11H2,1-2H3. The highest BCUT2D eigenvalue weighted by Crippen LogP contribution is 2.31. The molecule has 0 unspecified atom stereocenters. The molecule has 0 bridgehead atoms. The van der Waals surface area contributed by atoms with E-state index in [0.29, 0.717) is 39.6 Å². The van der Waals surface area contributed by atoms with Crippen LogP contribution in [0.15, 0.2) is 47.6 Å². The average molecular weight is 380 g/mol. The molecule has 1 N–H and O–H groups in total. The van der Waals surface area contributed by atoms with E-state index in [-0.39, 0.29) is 5.75 Å². The molecular weight excluding hydrogens is 360 g/mol. The second-order valence-electron chi connectivity index (χ2n) is 5.80. The fraction of sp³-hybridized carbons (Fsp3) is 0.250. The van der Waals surface area contributed by atoms with Crippen LogP contribution in [0, 0.1) is 16.7 Å². The molecule has 0 atom stereocenters. The molecule has 2 aromatic carbocycles. The number of nitrogens with one attached hydrogen (secondary N) is 1. The lowest BCUT2D eigenvalue weighted by atomic mass is 10.1. The predicted molar refractivity (Wildman–Crippen MR) is 105 cm³/mol. The fourth-order valence-corrected chi connectivity index (χ4v) is 3.55. The number of nitrogens with zero attached hydrogens (tertiary/aromatic N) is 3. The third-order valence-corrected chi connectivity index (χ3v) is 5.05. The van der Waals surface area contributed by atoms with Gasteiger partial charge in [0.15, 0.2) is 16.7 Å². The number of hydrogen-bond acceptors (Lipinski definition) is 6. The Balaban J connectivity index is 2.09. The number of fused-ring (bicyclic) bond motifs is 1. The Morgan fingerprint density at radius 1 is 1.15 bits per heavy atom. The number of thioether (sulfide) groups is 1. The van der Waals surface area contributed by atoms with Gasteiger partial charge in [0.25, 0.3) is 0 Å². The molecule has 1 aromatic heterocycles. The Hall–Kier alpha value is -2.98. The molecule has 27 heavy (non-hydrogen) atoms. The Morgan fingerprint density at radius 2 is 1.85 bits per heavy atom. The SMILES string of the molecule is COc1cc2nc(SCC#N)n(CCc3ccccc3)c(=N)c2cc1OC. The lowest BCUT2D eigenvalue weighted by Crippen LogP contribution is -2.24. The summed E-state index contributed by atoms with van der Waals surface area (Å²) in [4.78, 5) is 4.69. The summed E-state index contributed by atoms with van der Waals surface area (Å²) in [5.74, 6) is 1.40. The molecule has 138 valence electrons. The highest BCUT2D eigenvalue weighted by Gasteiger charge is 2.14. The molecule has 1 heterocycles. The van der Waals surface area contributed by atoms with Crippen LogP contribution in [0.4, 0.5) is 0 Å². The molecule has 0 radical (unpaired) electrons. The van der Waals surface area contributed by atoms with Gasteiger partial charge in [-0.1, -0.05) is 42.1 Å². The molecule has 3 rings (SSSR count). The summed E-state index contributed by atoms with van der Waals surface area (Å²) in [6, 6.07) is 15.8. The molecule has 7 heteroatoms. The van der Waals surface area contributed by atoms with Gasteiger partial charge in [0.05, 0.1) is 31.6 Å². The topological polar surface area (TPSA) is 83.9 Å². The molecule has 0 spiro atoms. The quantitative estimate of drug-likeness (QED) is 0.502. The van der Waals surface area contributed by atoms with Crippen molar-refractivity contribution in [1.82, 2.24) is 9.55 Å². The van der Waals surface area contributed by atoms with Crippen molar-refractivity contribution in [3.63, 3.8) is 0 Å². The Kier molecular flexibility index (Phi) is 5.99. The molecule has 0 fully saturated rings. The van der Waals surface area contributed by atoms with E-state index in [1.54, 1.807) is 26.4 Å². The minimum Gasteiger partial charge on any atom is -0.493 e. The van der Waals surface area contributed by atoms with Crippen LogP contribution < -0.4 is 15.0 Å². The maximum Gasteiger partial charge on any atom is 0.171 e. The Labute approximate surface area is 161 Å². The van der Waals surface area contributed by atoms with Crippen LogP contribution in [0.25, 0.3) is 10.9 Å². The fourth-order valence-electron chi connectivity index (χ4n) is 2.85. The van der Waals surface area contributed by atoms with E-state index in [4.69, 9.17) is 20.1 Å². The van der Waals surface area contributed by atoms with Crippen LogP contribution in [0.1, 0.15) is 5.56 Å². The first kappa shape index (κ1) is 18.8. The van der Waals surface area contributed by atoms with Gasteiger partial charge in [0.1, 0.15) is 5.49 Å². The largest absolute Gasteiger partial charge is 0.493 e. The van der Waals surface area contributed by atoms with Gasteiger partial charge in [-0.3, -0.25) is 5.41 Å². The summed E-state index contributed by atoms with van der Waals surface area (Å²) >= 11 is 1.33. The van der Waals surface area contributed by atoms with Gasteiger partial charge in [-0.2, -0.15) is 5.26 Å². The molecule has 0 saturated heterocycles. The van der Waals surface area contributed by atoms with Crippen molar-refractivity contribution in [3.8, 4) is 17.6 Å². The minimum atomic E-state index is 0.274. The maximum absolute atomic E-state index is 8.97. The van der Waals surface area contributed by atoms with Crippen molar-refractivity contribution < 1.29 is 9.47 Å². The zero-order chi connectivity index (χ0) is 19.2. The van der Waals surface area contributed by atoms with E-state index >= 15 is 0 Å². The second-order valence-corrected chi connectivity index (χ2v) is 6.74. The first-order chi connectivity index (χ1) is 13.2. The molecule has 6 nitrogen and oxygen atoms in total. The molecule has 0 aliphatic rings. The lowest BCUT2D eigenvalue weighted by molar-refractivity contribution is 0.355. The first-order valence-electron chi connectivity index (χ1n) is 8.42. The summed E-state index contributed by atoms with van der Waals surface area (Å²) in [6.07, 6.45) is 0.776. The third-order valence-electron chi connectivity index (χ3n) is 4.21. The number of nitriles is 1. The number of aromatic nitrogens is 2. The van der Waals surface area contributed by atoms with Crippen LogP contribution >= 0.6 is 11.8 Å². The summed E-state index contributed by atoms with van der Waals surface area (Å²) in [5.41, 5.74) is 2.18. The van der Waals surface area contributed by atoms with E-state index < -0.39 is 0 Å². The van der Waals surface area contributed by atoms with Crippen molar-refractivity contribution in [2.75, 3.05) is 20.0 Å². The van der Waals surface area contributed by atoms with Crippen LogP contribution in [0.3, 0.4) is 0 Å². The normalized spacial score (nSPS) is 10.6. The van der Waals surface area contributed by atoms with Gasteiger partial charge in [0.2, 0.25) is 0 Å². The first-order valence-corrected chi connectivity index (χ1v) is 9.41. The van der Waals surface area contributed by atoms with E-state index in [1.165, 1.54) is 17.3 Å². The number of ether oxygens (including phenoxy) is 2. The predicted octanol–water partition coefficient (Wildman–Crippen LogP) is 3.39. The highest BCUT2D eigenvalue weighted by atomic mass is 32.2. The average Bonchev–Trinajstić information content (AvgIpc) is 2.71. The summed E-state index contributed by atoms with van der Waals surface area (Å²) in [5, 5.41) is 19.0. The molecule has 3 aromatic rings. The van der Waals surface area contributed by atoms with Crippen LogP contribution in [0.2, 0.25) is 0 Å². The summed E-state index contributed by atoms with van der Waals surface area (Å²) < 4.78 is 12.6. The van der Waals surface area contributed by atoms with Crippen LogP contribution in [0.5, 0.6) is 11.5 Å². The van der Waals surface area contributed by atoms with E-state index in [9.17, 15) is 0 Å². The van der Waals surface area contributed by atoms with Crippen molar-refractivity contribution in [2.45, 2.75) is 18.1 Å². The van der Waals surface area contributed by atoms with E-state index in [2.05, 4.69) is 23.2 Å². The molecule has 0 amide bonds. The van der Waals surface area contributed by atoms with E-state index in [0.717, 1.165) is 6.42 Å². The Morgan fingerprint density at radius 3 is 2.52 bits per heavy atom. The zero-order valence-corrected chi connectivity index (χ0v) is 16.0. The maximum atomic E-state index is 8.97. The highest BCUT2D eigenvalue weighted by molar-refractivity contribution is 7.99. The number of benzene rings is 2. The van der Waals surface area contributed by atoms with Gasteiger partial charge < -0.3 is 14.0 Å². The van der Waals surface area contributed by atoms with Gasteiger partial charge >= 0.3 is 0 Å². The number of methoxy groups -OCH3 is 2. The summed E-state index contributed by atoms with van der Waals surface area (Å²) in [7, 11) is 3.14. The van der Waals surface area contributed by atoms with Crippen LogP contribution in [-0.4, -0.2) is 29.5 Å². The van der Waals surface area contributed by atoms with Gasteiger partial charge in [0, 0.05) is 18.0 Å². The minimum absolute atomic E-state index is 0.274. The number of rotatable bonds is 7. The molecular formula is C20H20N4O2S.